The van der Waals surface area contributed by atoms with Gasteiger partial charge in [0.15, 0.2) is 0 Å². The van der Waals surface area contributed by atoms with Crippen LogP contribution in [0.5, 0.6) is 0 Å². The number of aromatic amines is 2. The van der Waals surface area contributed by atoms with Crippen LogP contribution >= 0.6 is 0 Å². The van der Waals surface area contributed by atoms with Crippen molar-refractivity contribution in [3.8, 4) is 33.6 Å². The first kappa shape index (κ1) is 47.8. The first-order valence-electron chi connectivity index (χ1n) is 23.5. The van der Waals surface area contributed by atoms with Gasteiger partial charge >= 0.3 is 12.2 Å². The summed E-state index contributed by atoms with van der Waals surface area (Å²) in [6.45, 7) is 14.3. The van der Waals surface area contributed by atoms with E-state index in [2.05, 4.69) is 69.1 Å². The molecule has 14 heteroatoms. The van der Waals surface area contributed by atoms with Crippen LogP contribution in [0, 0.1) is 11.8 Å². The molecule has 4 amide bonds. The van der Waals surface area contributed by atoms with Crippen molar-refractivity contribution in [3.63, 3.8) is 0 Å². The molecule has 5 heterocycles. The first-order valence-corrected chi connectivity index (χ1v) is 23.5. The Morgan fingerprint density at radius 1 is 0.688 bits per heavy atom. The molecule has 2 aromatic heterocycles. The Balaban J connectivity index is 0.00000165. The molecule has 2 aromatic carbocycles. The van der Waals surface area contributed by atoms with Crippen molar-refractivity contribution in [3.05, 3.63) is 77.4 Å². The number of hydrogen-bond acceptors (Lipinski definition) is 8. The molecule has 0 spiro atoms. The summed E-state index contributed by atoms with van der Waals surface area (Å²) < 4.78 is 15.2. The standard InChI is InChI=1S/C46H57N7O7.2C2H6/c1-27(2)38(50-45(56)58-3)43(54)52-22-6-10-36(52)41-34-9-5-8-33(34)39(49-41)31-18-14-29(15-19-31)28-12-16-30(17-13-28)35-26-47-42(48-35)37-11-7-23-53(37)44(55)40(51-46(57)59-4)32-20-24-60-25-21-32;2*1-2/h12-19,26-27,32,36-38,40,49H,5-11,20-25H2,1-4H3,(H,47,48)(H,50,56)(H,51,57);2*1-2H3. The molecule has 4 N–H and O–H groups in total. The van der Waals surface area contributed by atoms with Gasteiger partial charge in [0.25, 0.3) is 0 Å². The lowest BCUT2D eigenvalue weighted by Crippen LogP contribution is -2.53. The van der Waals surface area contributed by atoms with Crippen LogP contribution in [0.1, 0.15) is 121 Å². The highest BCUT2D eigenvalue weighted by atomic mass is 16.5. The average Bonchev–Trinajstić information content (AvgIpc) is 4.21. The second kappa shape index (κ2) is 22.3. The van der Waals surface area contributed by atoms with Crippen LogP contribution in [0.4, 0.5) is 9.59 Å². The number of imidazole rings is 1. The number of nitrogens with one attached hydrogen (secondary N) is 4. The van der Waals surface area contributed by atoms with Gasteiger partial charge in [-0.15, -0.1) is 0 Å². The van der Waals surface area contributed by atoms with Gasteiger partial charge in [-0.3, -0.25) is 9.59 Å². The van der Waals surface area contributed by atoms with Crippen LogP contribution < -0.4 is 10.6 Å². The van der Waals surface area contributed by atoms with Crippen molar-refractivity contribution < 1.29 is 33.4 Å². The smallest absolute Gasteiger partial charge is 0.407 e. The highest BCUT2D eigenvalue weighted by Gasteiger charge is 2.41. The number of rotatable bonds is 11. The highest BCUT2D eigenvalue weighted by Crippen LogP contribution is 2.43. The van der Waals surface area contributed by atoms with E-state index in [-0.39, 0.29) is 35.7 Å². The quantitative estimate of drug-likeness (QED) is 0.116. The number of aromatic nitrogens is 3. The molecule has 3 saturated heterocycles. The lowest BCUT2D eigenvalue weighted by molar-refractivity contribution is -0.137. The molecule has 4 aliphatic rings. The molecule has 0 bridgehead atoms. The minimum atomic E-state index is -0.680. The molecule has 64 heavy (non-hydrogen) atoms. The molecular weight excluding hydrogens is 811 g/mol. The van der Waals surface area contributed by atoms with Gasteiger partial charge in [0.2, 0.25) is 11.8 Å². The zero-order valence-electron chi connectivity index (χ0n) is 39.1. The Morgan fingerprint density at radius 3 is 1.84 bits per heavy atom. The van der Waals surface area contributed by atoms with E-state index in [0.717, 1.165) is 90.1 Å². The maximum atomic E-state index is 14.0. The summed E-state index contributed by atoms with van der Waals surface area (Å²) in [4.78, 5) is 68.1. The Hall–Kier alpha value is -5.63. The molecule has 1 aliphatic carbocycles. The number of nitrogens with zero attached hydrogens (tertiary/aromatic N) is 3. The number of carbonyl (C=O) groups is 4. The Kier molecular flexibility index (Phi) is 16.7. The fourth-order valence-corrected chi connectivity index (χ4v) is 9.78. The van der Waals surface area contributed by atoms with Crippen LogP contribution in [-0.2, 0) is 36.6 Å². The van der Waals surface area contributed by atoms with Crippen LogP contribution in [-0.4, -0.2) is 101 Å². The van der Waals surface area contributed by atoms with Crippen molar-refractivity contribution in [2.75, 3.05) is 40.5 Å². The van der Waals surface area contributed by atoms with Crippen molar-refractivity contribution in [1.29, 1.82) is 0 Å². The molecule has 0 radical (unpaired) electrons. The van der Waals surface area contributed by atoms with Gasteiger partial charge in [-0.1, -0.05) is 90.1 Å². The van der Waals surface area contributed by atoms with E-state index < -0.39 is 24.3 Å². The molecule has 14 nitrogen and oxygen atoms in total. The largest absolute Gasteiger partial charge is 0.453 e. The summed E-state index contributed by atoms with van der Waals surface area (Å²) in [5, 5.41) is 5.59. The average molecular weight is 880 g/mol. The molecule has 3 fully saturated rings. The number of amides is 4. The predicted molar refractivity (Wildman–Crippen MR) is 248 cm³/mol. The minimum Gasteiger partial charge on any atom is -0.453 e. The minimum absolute atomic E-state index is 0.0232. The van der Waals surface area contributed by atoms with Gasteiger partial charge in [0.05, 0.1) is 38.2 Å². The molecule has 346 valence electrons. The summed E-state index contributed by atoms with van der Waals surface area (Å²) in [6, 6.07) is 15.5. The summed E-state index contributed by atoms with van der Waals surface area (Å²) in [5.41, 5.74) is 10.1. The summed E-state index contributed by atoms with van der Waals surface area (Å²) in [5.74, 6) is 0.458. The molecule has 0 saturated carbocycles. The number of carbonyl (C=O) groups excluding carboxylic acids is 4. The maximum Gasteiger partial charge on any atom is 0.407 e. The lowest BCUT2D eigenvalue weighted by Gasteiger charge is -2.34. The van der Waals surface area contributed by atoms with Crippen LogP contribution in [0.25, 0.3) is 33.6 Å². The van der Waals surface area contributed by atoms with E-state index in [9.17, 15) is 19.2 Å². The second-order valence-electron chi connectivity index (χ2n) is 16.9. The molecule has 8 rings (SSSR count). The molecule has 4 unspecified atom stereocenters. The normalized spacial score (nSPS) is 19.1. The Bertz CT molecular complexity index is 2170. The van der Waals surface area contributed by atoms with E-state index in [4.69, 9.17) is 19.2 Å². The van der Waals surface area contributed by atoms with Gasteiger partial charge in [-0.2, -0.15) is 0 Å². The number of ether oxygens (including phenoxy) is 3. The van der Waals surface area contributed by atoms with E-state index in [1.54, 1.807) is 0 Å². The van der Waals surface area contributed by atoms with Gasteiger partial charge < -0.3 is 44.6 Å². The topological polar surface area (TPSA) is 171 Å². The van der Waals surface area contributed by atoms with E-state index in [1.165, 1.54) is 25.3 Å². The number of benzene rings is 2. The molecule has 4 aromatic rings. The predicted octanol–water partition coefficient (Wildman–Crippen LogP) is 9.14. The Labute approximate surface area is 378 Å². The number of methoxy groups -OCH3 is 2. The van der Waals surface area contributed by atoms with Crippen LogP contribution in [0.3, 0.4) is 0 Å². The second-order valence-corrected chi connectivity index (χ2v) is 16.9. The fraction of sp³-hybridized carbons (Fsp3) is 0.540. The third-order valence-corrected chi connectivity index (χ3v) is 13.0. The third-order valence-electron chi connectivity index (χ3n) is 13.0. The van der Waals surface area contributed by atoms with Gasteiger partial charge in [-0.25, -0.2) is 14.6 Å². The van der Waals surface area contributed by atoms with Crippen molar-refractivity contribution in [2.24, 2.45) is 11.8 Å². The van der Waals surface area contributed by atoms with Gasteiger partial charge in [0.1, 0.15) is 17.9 Å². The molecule has 4 atom stereocenters. The van der Waals surface area contributed by atoms with E-state index in [0.29, 0.717) is 39.1 Å². The van der Waals surface area contributed by atoms with E-state index in [1.807, 2.05) is 57.5 Å². The van der Waals surface area contributed by atoms with Crippen LogP contribution in [0.15, 0.2) is 54.7 Å². The first-order chi connectivity index (χ1) is 31.1. The zero-order chi connectivity index (χ0) is 45.9. The van der Waals surface area contributed by atoms with E-state index >= 15 is 0 Å². The van der Waals surface area contributed by atoms with Crippen LogP contribution in [0.2, 0.25) is 0 Å². The fourth-order valence-electron chi connectivity index (χ4n) is 9.78. The van der Waals surface area contributed by atoms with Crippen molar-refractivity contribution >= 4 is 24.0 Å². The van der Waals surface area contributed by atoms with Gasteiger partial charge in [-0.05, 0) is 103 Å². The molecule has 3 aliphatic heterocycles. The Morgan fingerprint density at radius 2 is 1.23 bits per heavy atom. The van der Waals surface area contributed by atoms with Crippen molar-refractivity contribution in [2.45, 2.75) is 123 Å². The number of hydrogen-bond donors (Lipinski definition) is 4. The SMILES string of the molecule is CC.CC.COC(=O)NC(C(=O)N1CCCC1c1[nH]c(-c2ccc(-c3ccc(-c4cnc(C5CCCN5C(=O)C(NC(=O)OC)C5CCOCC5)[nH]4)cc3)cc2)c2c1CCC2)C(C)C. The summed E-state index contributed by atoms with van der Waals surface area (Å²) in [7, 11) is 2.63. The zero-order valence-corrected chi connectivity index (χ0v) is 39.1. The third kappa shape index (κ3) is 10.3. The monoisotopic (exact) mass is 880 g/mol. The summed E-state index contributed by atoms with van der Waals surface area (Å²) in [6.07, 6.45) is 8.51. The number of likely N-dealkylation sites (tertiary alicyclic amines) is 2. The molecular formula is C50H69N7O7. The number of H-pyrrole nitrogens is 2. The van der Waals surface area contributed by atoms with Crippen molar-refractivity contribution in [1.82, 2.24) is 35.4 Å². The highest BCUT2D eigenvalue weighted by molar-refractivity contribution is 5.87. The number of alkyl carbamates (subject to hydrolysis) is 2. The number of fused-ring (bicyclic) bond motifs is 1. The summed E-state index contributed by atoms with van der Waals surface area (Å²) >= 11 is 0. The lowest BCUT2D eigenvalue weighted by atomic mass is 9.90. The van der Waals surface area contributed by atoms with Gasteiger partial charge in [0, 0.05) is 37.7 Å². The maximum absolute atomic E-state index is 14.0.